The van der Waals surface area contributed by atoms with Gasteiger partial charge < -0.3 is 5.73 Å². The summed E-state index contributed by atoms with van der Waals surface area (Å²) in [5.41, 5.74) is 8.73. The van der Waals surface area contributed by atoms with Crippen molar-refractivity contribution in [1.82, 2.24) is 4.90 Å². The third-order valence-electron chi connectivity index (χ3n) is 3.97. The minimum Gasteiger partial charge on any atom is -0.329 e. The summed E-state index contributed by atoms with van der Waals surface area (Å²) in [6, 6.07) is 8.99. The first-order valence-electron chi connectivity index (χ1n) is 6.42. The highest BCUT2D eigenvalue weighted by Crippen LogP contribution is 2.28. The zero-order valence-electron chi connectivity index (χ0n) is 11.8. The molecule has 0 fully saturated rings. The smallest absolute Gasteiger partial charge is 0.0472 e. The summed E-state index contributed by atoms with van der Waals surface area (Å²) >= 11 is 0. The van der Waals surface area contributed by atoms with Crippen LogP contribution in [0.5, 0.6) is 0 Å². The van der Waals surface area contributed by atoms with Gasteiger partial charge in [-0.2, -0.15) is 0 Å². The van der Waals surface area contributed by atoms with Gasteiger partial charge in [0, 0.05) is 18.1 Å². The van der Waals surface area contributed by atoms with Gasteiger partial charge in [-0.3, -0.25) is 4.90 Å². The van der Waals surface area contributed by atoms with Gasteiger partial charge in [0.25, 0.3) is 0 Å². The van der Waals surface area contributed by atoms with Gasteiger partial charge in [0.2, 0.25) is 0 Å². The van der Waals surface area contributed by atoms with Gasteiger partial charge in [-0.25, -0.2) is 0 Å². The van der Waals surface area contributed by atoms with Crippen molar-refractivity contribution >= 4 is 0 Å². The largest absolute Gasteiger partial charge is 0.329 e. The molecule has 0 aliphatic carbocycles. The zero-order chi connectivity index (χ0) is 13.1. The number of benzene rings is 1. The van der Waals surface area contributed by atoms with Crippen LogP contribution in [0.4, 0.5) is 0 Å². The second-order valence-corrected chi connectivity index (χ2v) is 5.44. The molecular weight excluding hydrogens is 208 g/mol. The highest BCUT2D eigenvalue weighted by atomic mass is 15.2. The van der Waals surface area contributed by atoms with Crippen molar-refractivity contribution in [3.8, 4) is 0 Å². The first-order valence-corrected chi connectivity index (χ1v) is 6.42. The van der Waals surface area contributed by atoms with E-state index in [1.54, 1.807) is 0 Å². The predicted molar refractivity (Wildman–Crippen MR) is 75.1 cm³/mol. The van der Waals surface area contributed by atoms with Crippen molar-refractivity contribution in [2.75, 3.05) is 13.6 Å². The fourth-order valence-corrected chi connectivity index (χ4v) is 1.98. The number of nitrogens with two attached hydrogens (primary N) is 1. The minimum absolute atomic E-state index is 0.176. The molecule has 96 valence electrons. The first-order chi connectivity index (χ1) is 7.92. The molecule has 0 amide bonds. The molecule has 2 nitrogen and oxygen atoms in total. The van der Waals surface area contributed by atoms with Crippen LogP contribution in [0.3, 0.4) is 0 Å². The van der Waals surface area contributed by atoms with E-state index in [-0.39, 0.29) is 5.54 Å². The topological polar surface area (TPSA) is 29.3 Å². The standard InChI is InChI=1S/C15H26N2/c1-6-15(3,4)17(5)14(11-16)13-9-7-12(2)8-10-13/h7-10,14H,6,11,16H2,1-5H3. The van der Waals surface area contributed by atoms with Crippen LogP contribution in [0, 0.1) is 6.92 Å². The lowest BCUT2D eigenvalue weighted by atomic mass is 9.94. The lowest BCUT2D eigenvalue weighted by molar-refractivity contribution is 0.100. The van der Waals surface area contributed by atoms with E-state index in [0.717, 1.165) is 6.42 Å². The SMILES string of the molecule is CCC(C)(C)N(C)C(CN)c1ccc(C)cc1. The summed E-state index contributed by atoms with van der Waals surface area (Å²) in [5, 5.41) is 0. The van der Waals surface area contributed by atoms with Gasteiger partial charge in [0.1, 0.15) is 0 Å². The average molecular weight is 234 g/mol. The molecule has 2 heteroatoms. The Labute approximate surface area is 106 Å². The quantitative estimate of drug-likeness (QED) is 0.848. The Bertz CT molecular complexity index is 340. The van der Waals surface area contributed by atoms with E-state index in [1.165, 1.54) is 11.1 Å². The lowest BCUT2D eigenvalue weighted by Gasteiger charge is -2.40. The molecule has 0 aliphatic rings. The molecule has 0 bridgehead atoms. The van der Waals surface area contributed by atoms with E-state index in [9.17, 15) is 0 Å². The Balaban J connectivity index is 2.95. The summed E-state index contributed by atoms with van der Waals surface area (Å²) in [7, 11) is 2.17. The maximum absolute atomic E-state index is 5.95. The average Bonchev–Trinajstić information content (AvgIpc) is 2.32. The molecule has 17 heavy (non-hydrogen) atoms. The van der Waals surface area contributed by atoms with Gasteiger partial charge in [-0.15, -0.1) is 0 Å². The number of likely N-dealkylation sites (N-methyl/N-ethyl adjacent to an activating group) is 1. The summed E-state index contributed by atoms with van der Waals surface area (Å²) in [5.74, 6) is 0. The number of hydrogen-bond acceptors (Lipinski definition) is 2. The van der Waals surface area contributed by atoms with Crippen LogP contribution in [-0.4, -0.2) is 24.0 Å². The van der Waals surface area contributed by atoms with Crippen molar-refractivity contribution in [2.45, 2.75) is 45.7 Å². The summed E-state index contributed by atoms with van der Waals surface area (Å²) < 4.78 is 0. The number of hydrogen-bond donors (Lipinski definition) is 1. The zero-order valence-corrected chi connectivity index (χ0v) is 11.8. The molecule has 0 spiro atoms. The van der Waals surface area contributed by atoms with Gasteiger partial charge in [-0.1, -0.05) is 36.8 Å². The maximum Gasteiger partial charge on any atom is 0.0472 e. The van der Waals surface area contributed by atoms with E-state index in [1.807, 2.05) is 0 Å². The van der Waals surface area contributed by atoms with Crippen molar-refractivity contribution in [3.63, 3.8) is 0 Å². The number of rotatable bonds is 5. The fourth-order valence-electron chi connectivity index (χ4n) is 1.98. The van der Waals surface area contributed by atoms with E-state index in [2.05, 4.69) is 63.9 Å². The Morgan fingerprint density at radius 2 is 1.76 bits per heavy atom. The van der Waals surface area contributed by atoms with Crippen molar-refractivity contribution in [3.05, 3.63) is 35.4 Å². The van der Waals surface area contributed by atoms with E-state index in [4.69, 9.17) is 5.73 Å². The molecule has 1 rings (SSSR count). The van der Waals surface area contributed by atoms with Gasteiger partial charge >= 0.3 is 0 Å². The molecule has 0 heterocycles. The normalized spacial score (nSPS) is 14.1. The lowest BCUT2D eigenvalue weighted by Crippen LogP contribution is -2.45. The second kappa shape index (κ2) is 5.65. The highest BCUT2D eigenvalue weighted by Gasteiger charge is 2.27. The van der Waals surface area contributed by atoms with Crippen LogP contribution in [-0.2, 0) is 0 Å². The van der Waals surface area contributed by atoms with E-state index >= 15 is 0 Å². The molecule has 1 unspecified atom stereocenters. The van der Waals surface area contributed by atoms with Crippen LogP contribution in [0.25, 0.3) is 0 Å². The number of aryl methyl sites for hydroxylation is 1. The molecule has 0 aliphatic heterocycles. The molecule has 0 saturated carbocycles. The van der Waals surface area contributed by atoms with Crippen molar-refractivity contribution < 1.29 is 0 Å². The highest BCUT2D eigenvalue weighted by molar-refractivity contribution is 5.24. The molecule has 0 saturated heterocycles. The van der Waals surface area contributed by atoms with Crippen LogP contribution in [0.1, 0.15) is 44.4 Å². The van der Waals surface area contributed by atoms with Gasteiger partial charge in [0.15, 0.2) is 0 Å². The Morgan fingerprint density at radius 3 is 2.18 bits per heavy atom. The van der Waals surface area contributed by atoms with Crippen molar-refractivity contribution in [1.29, 1.82) is 0 Å². The maximum atomic E-state index is 5.95. The van der Waals surface area contributed by atoms with Gasteiger partial charge in [0.05, 0.1) is 0 Å². The Kier molecular flexibility index (Phi) is 4.72. The van der Waals surface area contributed by atoms with Crippen LogP contribution >= 0.6 is 0 Å². The van der Waals surface area contributed by atoms with Crippen LogP contribution in [0.15, 0.2) is 24.3 Å². The minimum atomic E-state index is 0.176. The molecule has 1 atom stereocenters. The molecule has 1 aromatic carbocycles. The van der Waals surface area contributed by atoms with Crippen LogP contribution < -0.4 is 5.73 Å². The van der Waals surface area contributed by atoms with Crippen LogP contribution in [0.2, 0.25) is 0 Å². The Morgan fingerprint density at radius 1 is 1.24 bits per heavy atom. The first kappa shape index (κ1) is 14.2. The Hall–Kier alpha value is -0.860. The molecule has 0 radical (unpaired) electrons. The summed E-state index contributed by atoms with van der Waals surface area (Å²) in [6.07, 6.45) is 1.12. The third-order valence-corrected chi connectivity index (χ3v) is 3.97. The molecule has 2 N–H and O–H groups in total. The fraction of sp³-hybridized carbons (Fsp3) is 0.600. The molecular formula is C15H26N2. The monoisotopic (exact) mass is 234 g/mol. The third kappa shape index (κ3) is 3.30. The second-order valence-electron chi connectivity index (χ2n) is 5.44. The van der Waals surface area contributed by atoms with Crippen molar-refractivity contribution in [2.24, 2.45) is 5.73 Å². The summed E-state index contributed by atoms with van der Waals surface area (Å²) in [6.45, 7) is 9.52. The van der Waals surface area contributed by atoms with E-state index in [0.29, 0.717) is 12.6 Å². The molecule has 1 aromatic rings. The van der Waals surface area contributed by atoms with Gasteiger partial charge in [-0.05, 0) is 39.8 Å². The molecule has 0 aromatic heterocycles. The summed E-state index contributed by atoms with van der Waals surface area (Å²) in [4.78, 5) is 2.39. The predicted octanol–water partition coefficient (Wildman–Crippen LogP) is 3.12. The van der Waals surface area contributed by atoms with E-state index < -0.39 is 0 Å². The number of nitrogens with zero attached hydrogens (tertiary/aromatic N) is 1.